The van der Waals surface area contributed by atoms with Gasteiger partial charge in [-0.2, -0.15) is 5.10 Å². The molecule has 2 aromatic heterocycles. The van der Waals surface area contributed by atoms with E-state index in [1.165, 1.54) is 6.33 Å². The zero-order valence-electron chi connectivity index (χ0n) is 19.8. The molecule has 0 saturated carbocycles. The van der Waals surface area contributed by atoms with Crippen LogP contribution < -0.4 is 10.5 Å². The summed E-state index contributed by atoms with van der Waals surface area (Å²) in [6.45, 7) is 4.80. The minimum Gasteiger partial charge on any atom is -0.508 e. The highest BCUT2D eigenvalue weighted by atomic mass is 16.5. The molecule has 0 spiro atoms. The van der Waals surface area contributed by atoms with E-state index in [0.29, 0.717) is 17.3 Å². The van der Waals surface area contributed by atoms with Crippen LogP contribution in [0.4, 0.5) is 5.82 Å². The molecular formula is C26H30N6O3. The van der Waals surface area contributed by atoms with Gasteiger partial charge in [0.1, 0.15) is 35.1 Å². The maximum absolute atomic E-state index is 9.94. The summed E-state index contributed by atoms with van der Waals surface area (Å²) in [7, 11) is 0. The zero-order valence-corrected chi connectivity index (χ0v) is 19.8. The largest absolute Gasteiger partial charge is 0.508 e. The van der Waals surface area contributed by atoms with Gasteiger partial charge in [0.25, 0.3) is 0 Å². The second-order valence-corrected chi connectivity index (χ2v) is 9.00. The van der Waals surface area contributed by atoms with E-state index >= 15 is 0 Å². The van der Waals surface area contributed by atoms with Gasteiger partial charge in [-0.1, -0.05) is 6.07 Å². The number of piperidine rings is 1. The maximum Gasteiger partial charge on any atom is 0.164 e. The standard InChI is InChI=1S/C26H30N6O3/c1-17-5-8-21(14-22(17)34)35-20-9-6-18(7-10-20)24-23-25(27)28-16-29-26(23)32(30-24)19-4-2-11-31(15-19)12-3-13-33/h5-10,14,16,19,33-34H,2-4,11-13,15H2,1H3,(H2,27,28,29). The van der Waals surface area contributed by atoms with Gasteiger partial charge >= 0.3 is 0 Å². The lowest BCUT2D eigenvalue weighted by Crippen LogP contribution is -2.37. The average Bonchev–Trinajstić information content (AvgIpc) is 3.27. The first-order valence-electron chi connectivity index (χ1n) is 11.9. The highest BCUT2D eigenvalue weighted by Crippen LogP contribution is 2.35. The first-order valence-corrected chi connectivity index (χ1v) is 11.9. The number of hydrogen-bond acceptors (Lipinski definition) is 8. The lowest BCUT2D eigenvalue weighted by molar-refractivity contribution is 0.157. The fraction of sp³-hybridized carbons (Fsp3) is 0.346. The summed E-state index contributed by atoms with van der Waals surface area (Å²) in [4.78, 5) is 11.1. The van der Waals surface area contributed by atoms with Crippen molar-refractivity contribution < 1.29 is 14.9 Å². The number of aliphatic hydroxyl groups excluding tert-OH is 1. The predicted octanol–water partition coefficient (Wildman–Crippen LogP) is 3.90. The van der Waals surface area contributed by atoms with E-state index in [2.05, 4.69) is 14.9 Å². The van der Waals surface area contributed by atoms with Crippen molar-refractivity contribution in [1.82, 2.24) is 24.6 Å². The Morgan fingerprint density at radius 2 is 1.91 bits per heavy atom. The molecule has 3 heterocycles. The van der Waals surface area contributed by atoms with Crippen molar-refractivity contribution in [3.8, 4) is 28.5 Å². The van der Waals surface area contributed by atoms with Crippen molar-refractivity contribution in [1.29, 1.82) is 0 Å². The number of aromatic nitrogens is 4. The molecule has 5 rings (SSSR count). The second kappa shape index (κ2) is 9.89. The lowest BCUT2D eigenvalue weighted by atomic mass is 10.1. The van der Waals surface area contributed by atoms with Crippen LogP contribution in [-0.4, -0.2) is 61.1 Å². The molecule has 9 heteroatoms. The Bertz CT molecular complexity index is 1320. The fourth-order valence-electron chi connectivity index (χ4n) is 4.65. The van der Waals surface area contributed by atoms with Gasteiger partial charge in [-0.3, -0.25) is 0 Å². The van der Waals surface area contributed by atoms with Gasteiger partial charge in [-0.05, 0) is 68.6 Å². The van der Waals surface area contributed by atoms with Crippen LogP contribution in [0.25, 0.3) is 22.3 Å². The number of nitrogens with two attached hydrogens (primary N) is 1. The molecule has 0 aliphatic carbocycles. The number of aromatic hydroxyl groups is 1. The Kier molecular flexibility index (Phi) is 6.52. The minimum absolute atomic E-state index is 0.171. The zero-order chi connectivity index (χ0) is 24.4. The van der Waals surface area contributed by atoms with E-state index in [9.17, 15) is 10.2 Å². The highest BCUT2D eigenvalue weighted by molar-refractivity contribution is 5.98. The number of phenols is 1. The van der Waals surface area contributed by atoms with Gasteiger partial charge in [-0.15, -0.1) is 0 Å². The highest BCUT2D eigenvalue weighted by Gasteiger charge is 2.26. The number of hydrogen-bond donors (Lipinski definition) is 3. The van der Waals surface area contributed by atoms with Gasteiger partial charge in [0, 0.05) is 31.3 Å². The van der Waals surface area contributed by atoms with Gasteiger partial charge in [-0.25, -0.2) is 14.6 Å². The number of benzene rings is 2. The van der Waals surface area contributed by atoms with Crippen LogP contribution in [0.2, 0.25) is 0 Å². The van der Waals surface area contributed by atoms with Crippen molar-refractivity contribution in [2.45, 2.75) is 32.2 Å². The Balaban J connectivity index is 1.45. The van der Waals surface area contributed by atoms with Crippen LogP contribution in [0.15, 0.2) is 48.8 Å². The number of likely N-dealkylation sites (tertiary alicyclic amines) is 1. The molecule has 1 aliphatic heterocycles. The minimum atomic E-state index is 0.171. The van der Waals surface area contributed by atoms with Gasteiger partial charge in [0.05, 0.1) is 11.4 Å². The third-order valence-corrected chi connectivity index (χ3v) is 6.52. The number of nitrogen functional groups attached to an aromatic ring is 1. The predicted molar refractivity (Wildman–Crippen MR) is 135 cm³/mol. The molecule has 0 radical (unpaired) electrons. The van der Waals surface area contributed by atoms with Crippen molar-refractivity contribution in [2.24, 2.45) is 0 Å². The first-order chi connectivity index (χ1) is 17.0. The molecule has 4 N–H and O–H groups in total. The van der Waals surface area contributed by atoms with Crippen LogP contribution >= 0.6 is 0 Å². The second-order valence-electron chi connectivity index (χ2n) is 9.00. The monoisotopic (exact) mass is 474 g/mol. The number of phenolic OH excluding ortho intramolecular Hbond substituents is 1. The number of aryl methyl sites for hydroxylation is 1. The summed E-state index contributed by atoms with van der Waals surface area (Å²) in [5, 5.41) is 24.9. The molecule has 182 valence electrons. The molecular weight excluding hydrogens is 444 g/mol. The number of nitrogens with zero attached hydrogens (tertiary/aromatic N) is 5. The average molecular weight is 475 g/mol. The number of fused-ring (bicyclic) bond motifs is 1. The SMILES string of the molecule is Cc1ccc(Oc2ccc(-c3nn(C4CCCN(CCCO)C4)c4ncnc(N)c34)cc2)cc1O. The summed E-state index contributed by atoms with van der Waals surface area (Å²) in [5.41, 5.74) is 9.46. The quantitative estimate of drug-likeness (QED) is 0.369. The third kappa shape index (κ3) is 4.78. The normalized spacial score (nSPS) is 16.6. The van der Waals surface area contributed by atoms with Crippen LogP contribution in [0.5, 0.6) is 17.2 Å². The van der Waals surface area contributed by atoms with Crippen molar-refractivity contribution in [3.63, 3.8) is 0 Å². The summed E-state index contributed by atoms with van der Waals surface area (Å²) < 4.78 is 7.90. The molecule has 9 nitrogen and oxygen atoms in total. The molecule has 4 aromatic rings. The third-order valence-electron chi connectivity index (χ3n) is 6.52. The Morgan fingerprint density at radius 3 is 2.69 bits per heavy atom. The number of anilines is 1. The molecule has 1 unspecified atom stereocenters. The van der Waals surface area contributed by atoms with Crippen molar-refractivity contribution in [2.75, 3.05) is 32.0 Å². The topological polar surface area (TPSA) is 123 Å². The van der Waals surface area contributed by atoms with Crippen molar-refractivity contribution >= 4 is 16.9 Å². The van der Waals surface area contributed by atoms with E-state index in [1.54, 1.807) is 6.07 Å². The van der Waals surface area contributed by atoms with E-state index < -0.39 is 0 Å². The first kappa shape index (κ1) is 23.1. The Morgan fingerprint density at radius 1 is 1.11 bits per heavy atom. The molecule has 35 heavy (non-hydrogen) atoms. The number of aliphatic hydroxyl groups is 1. The Labute approximate surface area is 203 Å². The van der Waals surface area contributed by atoms with E-state index in [4.69, 9.17) is 15.6 Å². The van der Waals surface area contributed by atoms with Crippen LogP contribution in [-0.2, 0) is 0 Å². The Hall–Kier alpha value is -3.69. The smallest absolute Gasteiger partial charge is 0.164 e. The van der Waals surface area contributed by atoms with E-state index in [1.807, 2.05) is 48.0 Å². The molecule has 1 saturated heterocycles. The van der Waals surface area contributed by atoms with Crippen LogP contribution in [0.3, 0.4) is 0 Å². The van der Waals surface area contributed by atoms with E-state index in [0.717, 1.165) is 66.8 Å². The lowest BCUT2D eigenvalue weighted by Gasteiger charge is -2.32. The summed E-state index contributed by atoms with van der Waals surface area (Å²) in [5.74, 6) is 1.82. The molecule has 0 bridgehead atoms. The van der Waals surface area contributed by atoms with Crippen molar-refractivity contribution in [3.05, 3.63) is 54.4 Å². The number of ether oxygens (including phenoxy) is 1. The van der Waals surface area contributed by atoms with Gasteiger partial charge in [0.15, 0.2) is 5.65 Å². The summed E-state index contributed by atoms with van der Waals surface area (Å²) in [6, 6.07) is 13.0. The molecule has 1 fully saturated rings. The molecule has 1 aliphatic rings. The van der Waals surface area contributed by atoms with Gasteiger partial charge in [0.2, 0.25) is 0 Å². The van der Waals surface area contributed by atoms with Crippen LogP contribution in [0, 0.1) is 6.92 Å². The summed E-state index contributed by atoms with van der Waals surface area (Å²) in [6.07, 6.45) is 4.32. The maximum atomic E-state index is 9.94. The molecule has 2 aromatic carbocycles. The number of rotatable bonds is 7. The molecule has 1 atom stereocenters. The summed E-state index contributed by atoms with van der Waals surface area (Å²) >= 11 is 0. The fourth-order valence-corrected chi connectivity index (χ4v) is 4.65. The van der Waals surface area contributed by atoms with E-state index in [-0.39, 0.29) is 18.4 Å². The van der Waals surface area contributed by atoms with Crippen LogP contribution in [0.1, 0.15) is 30.9 Å². The molecule has 0 amide bonds. The van der Waals surface area contributed by atoms with Gasteiger partial charge < -0.3 is 25.6 Å².